The van der Waals surface area contributed by atoms with Gasteiger partial charge in [-0.3, -0.25) is 10.1 Å². The van der Waals surface area contributed by atoms with Gasteiger partial charge in [-0.05, 0) is 17.0 Å². The van der Waals surface area contributed by atoms with Crippen LogP contribution in [0.5, 0.6) is 5.75 Å². The lowest BCUT2D eigenvalue weighted by Gasteiger charge is -2.23. The van der Waals surface area contributed by atoms with Crippen molar-refractivity contribution in [2.75, 3.05) is 12.4 Å². The molecule has 0 bridgehead atoms. The molecular formula is C12H15NO3S. The number of nitro groups is 1. The zero-order chi connectivity index (χ0) is 12.6. The molecule has 0 spiro atoms. The van der Waals surface area contributed by atoms with Crippen molar-refractivity contribution in [3.8, 4) is 5.75 Å². The first-order valence-electron chi connectivity index (χ1n) is 5.48. The van der Waals surface area contributed by atoms with E-state index >= 15 is 0 Å². The van der Waals surface area contributed by atoms with Gasteiger partial charge in [-0.1, -0.05) is 20.8 Å². The quantitative estimate of drug-likeness (QED) is 0.568. The Morgan fingerprint density at radius 1 is 1.41 bits per heavy atom. The van der Waals surface area contributed by atoms with Crippen LogP contribution in [0.3, 0.4) is 0 Å². The van der Waals surface area contributed by atoms with Crippen molar-refractivity contribution in [2.45, 2.75) is 31.1 Å². The molecule has 2 rings (SSSR count). The number of hydrogen-bond acceptors (Lipinski definition) is 4. The molecule has 1 heterocycles. The van der Waals surface area contributed by atoms with Gasteiger partial charge in [0.15, 0.2) is 0 Å². The lowest BCUT2D eigenvalue weighted by Crippen LogP contribution is -2.14. The van der Waals surface area contributed by atoms with E-state index in [1.165, 1.54) is 11.8 Å². The Bertz CT molecular complexity index is 466. The van der Waals surface area contributed by atoms with Crippen LogP contribution in [0.1, 0.15) is 26.3 Å². The second kappa shape index (κ2) is 4.22. The summed E-state index contributed by atoms with van der Waals surface area (Å²) in [5.41, 5.74) is 0.980. The minimum atomic E-state index is -0.324. The molecule has 4 nitrogen and oxygen atoms in total. The molecule has 92 valence electrons. The van der Waals surface area contributed by atoms with Crippen LogP contribution < -0.4 is 4.74 Å². The van der Waals surface area contributed by atoms with Gasteiger partial charge in [0.1, 0.15) is 10.6 Å². The zero-order valence-corrected chi connectivity index (χ0v) is 11.0. The summed E-state index contributed by atoms with van der Waals surface area (Å²) >= 11 is 1.50. The summed E-state index contributed by atoms with van der Waals surface area (Å²) in [6.45, 7) is 6.72. The maximum absolute atomic E-state index is 11.1. The molecule has 0 unspecified atom stereocenters. The summed E-state index contributed by atoms with van der Waals surface area (Å²) in [5.74, 6) is 1.42. The molecule has 0 saturated heterocycles. The first kappa shape index (κ1) is 12.2. The van der Waals surface area contributed by atoms with Crippen LogP contribution in [0.15, 0.2) is 17.0 Å². The lowest BCUT2D eigenvalue weighted by atomic mass is 9.86. The number of nitro benzene ring substituents is 1. The van der Waals surface area contributed by atoms with E-state index in [1.54, 1.807) is 6.07 Å². The maximum atomic E-state index is 11.1. The molecule has 1 aliphatic rings. The van der Waals surface area contributed by atoms with Crippen LogP contribution in [-0.4, -0.2) is 17.3 Å². The molecule has 0 aromatic heterocycles. The van der Waals surface area contributed by atoms with E-state index in [4.69, 9.17) is 4.74 Å². The number of thioether (sulfide) groups is 1. The Labute approximate surface area is 105 Å². The number of hydrogen-bond donors (Lipinski definition) is 0. The Morgan fingerprint density at radius 2 is 2.12 bits per heavy atom. The number of ether oxygens (including phenoxy) is 1. The monoisotopic (exact) mass is 253 g/mol. The van der Waals surface area contributed by atoms with E-state index in [9.17, 15) is 10.1 Å². The van der Waals surface area contributed by atoms with Crippen molar-refractivity contribution in [3.05, 3.63) is 27.8 Å². The predicted molar refractivity (Wildman–Crippen MR) is 68.0 cm³/mol. The van der Waals surface area contributed by atoms with Crippen LogP contribution in [0.2, 0.25) is 0 Å². The van der Waals surface area contributed by atoms with Crippen molar-refractivity contribution in [3.63, 3.8) is 0 Å². The Morgan fingerprint density at radius 3 is 2.71 bits per heavy atom. The number of nitrogens with zero attached hydrogens (tertiary/aromatic N) is 1. The van der Waals surface area contributed by atoms with Crippen LogP contribution in [-0.2, 0) is 5.41 Å². The molecule has 1 aliphatic heterocycles. The molecule has 1 aromatic rings. The highest BCUT2D eigenvalue weighted by molar-refractivity contribution is 7.99. The minimum Gasteiger partial charge on any atom is -0.491 e. The second-order valence-corrected chi connectivity index (χ2v) is 6.13. The van der Waals surface area contributed by atoms with E-state index in [1.807, 2.05) is 26.8 Å². The smallest absolute Gasteiger partial charge is 0.286 e. The van der Waals surface area contributed by atoms with Gasteiger partial charge in [-0.25, -0.2) is 0 Å². The second-order valence-electron chi connectivity index (χ2n) is 5.03. The van der Waals surface area contributed by atoms with Crippen molar-refractivity contribution in [1.82, 2.24) is 0 Å². The van der Waals surface area contributed by atoms with Gasteiger partial charge in [0.2, 0.25) is 0 Å². The van der Waals surface area contributed by atoms with E-state index in [0.29, 0.717) is 17.3 Å². The molecule has 0 saturated carbocycles. The molecule has 0 amide bonds. The van der Waals surface area contributed by atoms with Gasteiger partial charge < -0.3 is 4.74 Å². The fourth-order valence-corrected chi connectivity index (χ4v) is 2.62. The number of rotatable bonds is 1. The first-order chi connectivity index (χ1) is 7.89. The zero-order valence-electron chi connectivity index (χ0n) is 10.1. The van der Waals surface area contributed by atoms with E-state index in [2.05, 4.69) is 0 Å². The fourth-order valence-electron chi connectivity index (χ4n) is 1.70. The summed E-state index contributed by atoms with van der Waals surface area (Å²) in [6.07, 6.45) is 0. The third-order valence-corrected chi connectivity index (χ3v) is 3.76. The molecule has 1 aromatic carbocycles. The van der Waals surface area contributed by atoms with Crippen molar-refractivity contribution in [2.24, 2.45) is 0 Å². The Hall–Kier alpha value is -1.23. The third kappa shape index (κ3) is 2.39. The summed E-state index contributed by atoms with van der Waals surface area (Å²) in [5, 5.41) is 11.1. The molecule has 0 N–H and O–H groups in total. The van der Waals surface area contributed by atoms with E-state index in [0.717, 1.165) is 11.3 Å². The largest absolute Gasteiger partial charge is 0.491 e. The summed E-state index contributed by atoms with van der Waals surface area (Å²) < 4.78 is 5.52. The highest BCUT2D eigenvalue weighted by Crippen LogP contribution is 2.43. The summed E-state index contributed by atoms with van der Waals surface area (Å²) in [6, 6.07) is 3.59. The topological polar surface area (TPSA) is 52.4 Å². The van der Waals surface area contributed by atoms with Crippen LogP contribution >= 0.6 is 11.8 Å². The van der Waals surface area contributed by atoms with Gasteiger partial charge in [0, 0.05) is 11.8 Å². The third-order valence-electron chi connectivity index (χ3n) is 2.69. The molecule has 0 atom stereocenters. The number of fused-ring (bicyclic) bond motifs is 1. The highest BCUT2D eigenvalue weighted by atomic mass is 32.2. The van der Waals surface area contributed by atoms with Gasteiger partial charge in [0.05, 0.1) is 11.5 Å². The Balaban J connectivity index is 2.60. The normalized spacial score (nSPS) is 15.0. The summed E-state index contributed by atoms with van der Waals surface area (Å²) in [7, 11) is 0. The van der Waals surface area contributed by atoms with Gasteiger partial charge in [-0.15, -0.1) is 11.8 Å². The Kier molecular flexibility index (Phi) is 3.03. The maximum Gasteiger partial charge on any atom is 0.286 e. The molecule has 5 heteroatoms. The minimum absolute atomic E-state index is 0.120. The van der Waals surface area contributed by atoms with Crippen molar-refractivity contribution in [1.29, 1.82) is 0 Å². The summed E-state index contributed by atoms with van der Waals surface area (Å²) in [4.78, 5) is 11.4. The van der Waals surface area contributed by atoms with Gasteiger partial charge in [0.25, 0.3) is 5.69 Å². The van der Waals surface area contributed by atoms with Crippen molar-refractivity contribution < 1.29 is 9.66 Å². The molecule has 0 fully saturated rings. The van der Waals surface area contributed by atoms with E-state index in [-0.39, 0.29) is 16.0 Å². The molecule has 0 aliphatic carbocycles. The fraction of sp³-hybridized carbons (Fsp3) is 0.500. The average Bonchev–Trinajstić information content (AvgIpc) is 2.26. The van der Waals surface area contributed by atoms with Crippen LogP contribution in [0.4, 0.5) is 5.69 Å². The van der Waals surface area contributed by atoms with E-state index < -0.39 is 0 Å². The lowest BCUT2D eigenvalue weighted by molar-refractivity contribution is -0.388. The highest BCUT2D eigenvalue weighted by Gasteiger charge is 2.27. The molecular weight excluding hydrogens is 238 g/mol. The first-order valence-corrected chi connectivity index (χ1v) is 6.46. The van der Waals surface area contributed by atoms with Crippen molar-refractivity contribution >= 4 is 17.4 Å². The standard InChI is InChI=1S/C12H15NO3S/c1-12(2,3)8-6-9(13(14)15)11-10(7-8)16-4-5-17-11/h6-7H,4-5H2,1-3H3. The van der Waals surface area contributed by atoms with Gasteiger partial charge in [-0.2, -0.15) is 0 Å². The molecule has 17 heavy (non-hydrogen) atoms. The predicted octanol–water partition coefficient (Wildman–Crippen LogP) is 3.38. The van der Waals surface area contributed by atoms with Crippen LogP contribution in [0, 0.1) is 10.1 Å². The van der Waals surface area contributed by atoms with Gasteiger partial charge >= 0.3 is 0 Å². The SMILES string of the molecule is CC(C)(C)c1cc2c(c([N+](=O)[O-])c1)SCCO2. The average molecular weight is 253 g/mol. The van der Waals surface area contributed by atoms with Crippen LogP contribution in [0.25, 0.3) is 0 Å². The molecule has 0 radical (unpaired) electrons. The number of benzene rings is 1.